The van der Waals surface area contributed by atoms with Crippen molar-refractivity contribution in [2.75, 3.05) is 0 Å². The van der Waals surface area contributed by atoms with Crippen molar-refractivity contribution < 1.29 is 4.42 Å². The summed E-state index contributed by atoms with van der Waals surface area (Å²) in [5.74, 6) is 1.85. The highest BCUT2D eigenvalue weighted by Gasteiger charge is 2.21. The first kappa shape index (κ1) is 27.5. The van der Waals surface area contributed by atoms with Crippen LogP contribution in [0.3, 0.4) is 0 Å². The molecule has 0 spiro atoms. The number of aromatic nitrogens is 3. The average molecular weight is 626 g/mol. The first-order chi connectivity index (χ1) is 24.3. The molecule has 49 heavy (non-hydrogen) atoms. The first-order valence-electron chi connectivity index (χ1n) is 16.4. The highest BCUT2D eigenvalue weighted by atomic mass is 16.3. The van der Waals surface area contributed by atoms with E-state index in [0.29, 0.717) is 17.5 Å². The molecule has 4 heteroatoms. The van der Waals surface area contributed by atoms with Gasteiger partial charge in [0.2, 0.25) is 0 Å². The van der Waals surface area contributed by atoms with Crippen molar-refractivity contribution in [2.45, 2.75) is 0 Å². The highest BCUT2D eigenvalue weighted by molar-refractivity contribution is 6.26. The fraction of sp³-hybridized carbons (Fsp3) is 0. The summed E-state index contributed by atoms with van der Waals surface area (Å²) >= 11 is 0. The van der Waals surface area contributed by atoms with Gasteiger partial charge in [0.15, 0.2) is 17.5 Å². The van der Waals surface area contributed by atoms with Gasteiger partial charge in [0.1, 0.15) is 11.2 Å². The zero-order valence-corrected chi connectivity index (χ0v) is 26.3. The second kappa shape index (κ2) is 11.0. The quantitative estimate of drug-likeness (QED) is 0.183. The number of furan rings is 1. The largest absolute Gasteiger partial charge is 0.455 e. The highest BCUT2D eigenvalue weighted by Crippen LogP contribution is 2.43. The lowest BCUT2D eigenvalue weighted by Crippen LogP contribution is -2.00. The van der Waals surface area contributed by atoms with Gasteiger partial charge in [0.05, 0.1) is 0 Å². The Morgan fingerprint density at radius 3 is 1.71 bits per heavy atom. The van der Waals surface area contributed by atoms with E-state index < -0.39 is 0 Å². The molecule has 0 N–H and O–H groups in total. The molecule has 8 aromatic carbocycles. The van der Waals surface area contributed by atoms with Gasteiger partial charge >= 0.3 is 0 Å². The van der Waals surface area contributed by atoms with Crippen LogP contribution in [0.15, 0.2) is 168 Å². The van der Waals surface area contributed by atoms with Crippen LogP contribution >= 0.6 is 0 Å². The average Bonchev–Trinajstić information content (AvgIpc) is 3.57. The molecule has 0 saturated heterocycles. The van der Waals surface area contributed by atoms with E-state index in [-0.39, 0.29) is 0 Å². The van der Waals surface area contributed by atoms with Crippen LogP contribution in [0.1, 0.15) is 0 Å². The molecule has 0 aliphatic carbocycles. The standard InChI is InChI=1S/C45H27N3O/c1-2-13-31(14-3-1)43-46-44(32-24-21-30(22-25-32)35-19-10-15-28-11-4-6-16-34(28)35)48-45(47-43)38-27-33-26-23-29-12-5-7-17-36(29)40(33)42-41(38)37-18-8-9-20-39(37)49-42/h1-27H. The molecule has 0 bridgehead atoms. The van der Waals surface area contributed by atoms with E-state index in [1.54, 1.807) is 0 Å². The third-order valence-electron chi connectivity index (χ3n) is 9.51. The number of fused-ring (bicyclic) bond motifs is 8. The van der Waals surface area contributed by atoms with Gasteiger partial charge in [-0.3, -0.25) is 0 Å². The molecule has 0 atom stereocenters. The third-order valence-corrected chi connectivity index (χ3v) is 9.51. The molecule has 2 heterocycles. The van der Waals surface area contributed by atoms with E-state index in [0.717, 1.165) is 60.4 Å². The summed E-state index contributed by atoms with van der Waals surface area (Å²) < 4.78 is 6.68. The van der Waals surface area contributed by atoms with Crippen LogP contribution in [0.5, 0.6) is 0 Å². The lowest BCUT2D eigenvalue weighted by Gasteiger charge is -2.12. The lowest BCUT2D eigenvalue weighted by atomic mass is 9.95. The van der Waals surface area contributed by atoms with Crippen molar-refractivity contribution in [3.63, 3.8) is 0 Å². The van der Waals surface area contributed by atoms with Gasteiger partial charge in [0, 0.05) is 32.8 Å². The van der Waals surface area contributed by atoms with E-state index in [9.17, 15) is 0 Å². The molecule has 0 radical (unpaired) electrons. The molecule has 228 valence electrons. The summed E-state index contributed by atoms with van der Waals surface area (Å²) in [6.07, 6.45) is 0. The van der Waals surface area contributed by atoms with Gasteiger partial charge in [-0.2, -0.15) is 0 Å². The number of benzene rings is 8. The van der Waals surface area contributed by atoms with Gasteiger partial charge in [-0.15, -0.1) is 0 Å². The lowest BCUT2D eigenvalue weighted by molar-refractivity contribution is 0.673. The van der Waals surface area contributed by atoms with Gasteiger partial charge in [-0.25, -0.2) is 15.0 Å². The van der Waals surface area contributed by atoms with Crippen molar-refractivity contribution in [2.24, 2.45) is 0 Å². The first-order valence-corrected chi connectivity index (χ1v) is 16.4. The van der Waals surface area contributed by atoms with Crippen LogP contribution in [0.25, 0.3) is 99.5 Å². The Balaban J connectivity index is 1.21. The Morgan fingerprint density at radius 1 is 0.347 bits per heavy atom. The molecule has 0 aliphatic heterocycles. The van der Waals surface area contributed by atoms with E-state index >= 15 is 0 Å². The van der Waals surface area contributed by atoms with E-state index in [4.69, 9.17) is 19.4 Å². The summed E-state index contributed by atoms with van der Waals surface area (Å²) in [6, 6.07) is 56.8. The Morgan fingerprint density at radius 2 is 0.918 bits per heavy atom. The van der Waals surface area contributed by atoms with Gasteiger partial charge in [0.25, 0.3) is 0 Å². The number of para-hydroxylation sites is 1. The minimum absolute atomic E-state index is 0.605. The second-order valence-electron chi connectivity index (χ2n) is 12.4. The van der Waals surface area contributed by atoms with Crippen molar-refractivity contribution in [3.8, 4) is 45.3 Å². The molecule has 10 aromatic rings. The van der Waals surface area contributed by atoms with E-state index in [1.807, 2.05) is 42.5 Å². The van der Waals surface area contributed by atoms with Crippen LogP contribution in [0, 0.1) is 0 Å². The minimum atomic E-state index is 0.605. The Labute approximate surface area is 282 Å². The summed E-state index contributed by atoms with van der Waals surface area (Å²) in [4.78, 5) is 15.4. The molecule has 0 unspecified atom stereocenters. The normalized spacial score (nSPS) is 11.7. The summed E-state index contributed by atoms with van der Waals surface area (Å²) in [5, 5.41) is 8.98. The molecule has 2 aromatic heterocycles. The van der Waals surface area contributed by atoms with Gasteiger partial charge in [-0.1, -0.05) is 152 Å². The zero-order valence-electron chi connectivity index (χ0n) is 26.3. The fourth-order valence-corrected chi connectivity index (χ4v) is 7.17. The van der Waals surface area contributed by atoms with Crippen molar-refractivity contribution in [1.29, 1.82) is 0 Å². The minimum Gasteiger partial charge on any atom is -0.455 e. The van der Waals surface area contributed by atoms with Crippen molar-refractivity contribution in [3.05, 3.63) is 164 Å². The van der Waals surface area contributed by atoms with Crippen molar-refractivity contribution in [1.82, 2.24) is 15.0 Å². The molecule has 10 rings (SSSR count). The van der Waals surface area contributed by atoms with Gasteiger partial charge in [-0.05, 0) is 50.2 Å². The number of hydrogen-bond donors (Lipinski definition) is 0. The van der Waals surface area contributed by atoms with Crippen LogP contribution in [0.4, 0.5) is 0 Å². The molecule has 0 aliphatic rings. The second-order valence-corrected chi connectivity index (χ2v) is 12.4. The fourth-order valence-electron chi connectivity index (χ4n) is 7.17. The predicted molar refractivity (Wildman–Crippen MR) is 201 cm³/mol. The number of rotatable bonds is 4. The van der Waals surface area contributed by atoms with Crippen LogP contribution in [-0.2, 0) is 0 Å². The summed E-state index contributed by atoms with van der Waals surface area (Å²) in [7, 11) is 0. The Hall–Kier alpha value is -6.65. The van der Waals surface area contributed by atoms with Crippen molar-refractivity contribution >= 4 is 54.3 Å². The number of hydrogen-bond acceptors (Lipinski definition) is 4. The Bertz CT molecular complexity index is 2870. The monoisotopic (exact) mass is 625 g/mol. The van der Waals surface area contributed by atoms with Crippen LogP contribution < -0.4 is 0 Å². The maximum atomic E-state index is 6.68. The molecule has 0 saturated carbocycles. The maximum Gasteiger partial charge on any atom is 0.164 e. The molecule has 0 amide bonds. The third kappa shape index (κ3) is 4.49. The zero-order chi connectivity index (χ0) is 32.3. The smallest absolute Gasteiger partial charge is 0.164 e. The molecular formula is C45H27N3O. The van der Waals surface area contributed by atoms with E-state index in [2.05, 4.69) is 121 Å². The topological polar surface area (TPSA) is 51.8 Å². The van der Waals surface area contributed by atoms with Gasteiger partial charge < -0.3 is 4.42 Å². The van der Waals surface area contributed by atoms with Crippen LogP contribution in [0.2, 0.25) is 0 Å². The molecule has 0 fully saturated rings. The maximum absolute atomic E-state index is 6.68. The van der Waals surface area contributed by atoms with E-state index in [1.165, 1.54) is 21.7 Å². The SMILES string of the molecule is c1ccc(-c2nc(-c3ccc(-c4cccc5ccccc45)cc3)nc(-c3cc4ccc5ccccc5c4c4oc5ccccc5c34)n2)cc1. The number of nitrogens with zero attached hydrogens (tertiary/aromatic N) is 3. The summed E-state index contributed by atoms with van der Waals surface area (Å²) in [5.41, 5.74) is 6.78. The summed E-state index contributed by atoms with van der Waals surface area (Å²) in [6.45, 7) is 0. The molecular weight excluding hydrogens is 599 g/mol. The predicted octanol–water partition coefficient (Wildman–Crippen LogP) is 11.9. The molecule has 4 nitrogen and oxygen atoms in total. The van der Waals surface area contributed by atoms with Crippen LogP contribution in [-0.4, -0.2) is 15.0 Å². The Kier molecular flexibility index (Phi) is 6.15.